The number of hydrogen-bond donors (Lipinski definition) is 1. The van der Waals surface area contributed by atoms with Gasteiger partial charge in [-0.2, -0.15) is 0 Å². The number of urea groups is 1. The third-order valence-corrected chi connectivity index (χ3v) is 6.57. The number of aromatic nitrogens is 1. The maximum Gasteiger partial charge on any atom is 0.322 e. The molecule has 182 valence electrons. The maximum atomic E-state index is 13.8. The average Bonchev–Trinajstić information content (AvgIpc) is 3.30. The standard InChI is InChI=1S/C30H29N3O3/c1-3-36-28(34)19-22-14-16-24(17-15-22)31-30(35)33-20-23-10-5-7-12-26(23)32-18-8-13-27(32)29(33)25-11-6-4-9-21(25)2/h4-18,29H,3,19-20H2,1-2H3,(H,31,35)/t29-/m0/s1. The van der Waals surface area contributed by atoms with E-state index in [1.54, 1.807) is 6.92 Å². The van der Waals surface area contributed by atoms with Crippen molar-refractivity contribution in [2.75, 3.05) is 11.9 Å². The molecule has 2 heterocycles. The Balaban J connectivity index is 1.49. The smallest absolute Gasteiger partial charge is 0.322 e. The van der Waals surface area contributed by atoms with E-state index in [1.807, 2.05) is 59.5 Å². The van der Waals surface area contributed by atoms with Crippen LogP contribution < -0.4 is 5.32 Å². The van der Waals surface area contributed by atoms with E-state index in [0.717, 1.165) is 33.6 Å². The van der Waals surface area contributed by atoms with Gasteiger partial charge in [-0.05, 0) is 66.4 Å². The van der Waals surface area contributed by atoms with Crippen LogP contribution in [0.25, 0.3) is 5.69 Å². The molecule has 1 N–H and O–H groups in total. The van der Waals surface area contributed by atoms with E-state index in [-0.39, 0.29) is 24.5 Å². The van der Waals surface area contributed by atoms with E-state index < -0.39 is 0 Å². The third kappa shape index (κ3) is 4.62. The summed E-state index contributed by atoms with van der Waals surface area (Å²) < 4.78 is 7.21. The van der Waals surface area contributed by atoms with Crippen molar-refractivity contribution >= 4 is 17.7 Å². The zero-order chi connectivity index (χ0) is 25.1. The fourth-order valence-electron chi connectivity index (χ4n) is 4.84. The van der Waals surface area contributed by atoms with E-state index in [4.69, 9.17) is 4.74 Å². The summed E-state index contributed by atoms with van der Waals surface area (Å²) in [6.07, 6.45) is 2.26. The van der Waals surface area contributed by atoms with Crippen LogP contribution in [0.3, 0.4) is 0 Å². The second-order valence-corrected chi connectivity index (χ2v) is 8.93. The molecule has 36 heavy (non-hydrogen) atoms. The van der Waals surface area contributed by atoms with Crippen LogP contribution in [0.4, 0.5) is 10.5 Å². The number of carbonyl (C=O) groups excluding carboxylic acids is 2. The number of carbonyl (C=O) groups is 2. The van der Waals surface area contributed by atoms with Crippen molar-refractivity contribution in [1.82, 2.24) is 9.47 Å². The van der Waals surface area contributed by atoms with Crippen molar-refractivity contribution in [2.24, 2.45) is 0 Å². The lowest BCUT2D eigenvalue weighted by Gasteiger charge is -2.32. The van der Waals surface area contributed by atoms with Gasteiger partial charge in [0.2, 0.25) is 0 Å². The molecule has 1 aliphatic rings. The number of esters is 1. The van der Waals surface area contributed by atoms with Crippen LogP contribution in [0.1, 0.15) is 40.9 Å². The van der Waals surface area contributed by atoms with Gasteiger partial charge < -0.3 is 19.5 Å². The normalized spacial score (nSPS) is 14.4. The van der Waals surface area contributed by atoms with E-state index >= 15 is 0 Å². The van der Waals surface area contributed by atoms with Gasteiger partial charge in [-0.25, -0.2) is 4.79 Å². The number of hydrogen-bond acceptors (Lipinski definition) is 3. The van der Waals surface area contributed by atoms with Gasteiger partial charge in [0.25, 0.3) is 0 Å². The molecule has 0 aliphatic carbocycles. The highest BCUT2D eigenvalue weighted by atomic mass is 16.5. The molecule has 0 fully saturated rings. The number of anilines is 1. The first-order valence-corrected chi connectivity index (χ1v) is 12.2. The molecule has 2 amide bonds. The number of rotatable bonds is 5. The molecule has 5 rings (SSSR count). The van der Waals surface area contributed by atoms with Crippen LogP contribution in [0.15, 0.2) is 91.1 Å². The minimum Gasteiger partial charge on any atom is -0.466 e. The molecule has 1 atom stereocenters. The summed E-state index contributed by atoms with van der Waals surface area (Å²) in [5, 5.41) is 3.08. The lowest BCUT2D eigenvalue weighted by molar-refractivity contribution is -0.142. The molecule has 3 aromatic carbocycles. The Labute approximate surface area is 211 Å². The Kier molecular flexibility index (Phi) is 6.58. The third-order valence-electron chi connectivity index (χ3n) is 6.57. The Morgan fingerprint density at radius 3 is 2.47 bits per heavy atom. The van der Waals surface area contributed by atoms with Crippen molar-refractivity contribution < 1.29 is 14.3 Å². The topological polar surface area (TPSA) is 63.6 Å². The van der Waals surface area contributed by atoms with E-state index in [9.17, 15) is 9.59 Å². The van der Waals surface area contributed by atoms with Gasteiger partial charge in [-0.15, -0.1) is 0 Å². The zero-order valence-electron chi connectivity index (χ0n) is 20.5. The number of fused-ring (bicyclic) bond motifs is 3. The van der Waals surface area contributed by atoms with E-state index in [1.165, 1.54) is 0 Å². The molecule has 0 unspecified atom stereocenters. The minimum atomic E-state index is -0.267. The van der Waals surface area contributed by atoms with Gasteiger partial charge in [-0.3, -0.25) is 4.79 Å². The van der Waals surface area contributed by atoms with Crippen LogP contribution in [0.5, 0.6) is 0 Å². The molecule has 1 aromatic heterocycles. The molecule has 0 saturated heterocycles. The number of ether oxygens (including phenoxy) is 1. The molecule has 0 spiro atoms. The quantitative estimate of drug-likeness (QED) is 0.356. The molecule has 0 radical (unpaired) electrons. The minimum absolute atomic E-state index is 0.189. The highest BCUT2D eigenvalue weighted by Crippen LogP contribution is 2.38. The van der Waals surface area contributed by atoms with Crippen molar-refractivity contribution in [3.8, 4) is 5.69 Å². The van der Waals surface area contributed by atoms with Gasteiger partial charge in [-0.1, -0.05) is 54.6 Å². The maximum absolute atomic E-state index is 13.8. The molecule has 0 bridgehead atoms. The first-order chi connectivity index (χ1) is 17.5. The van der Waals surface area contributed by atoms with Gasteiger partial charge in [0.15, 0.2) is 0 Å². The SMILES string of the molecule is CCOC(=O)Cc1ccc(NC(=O)N2Cc3ccccc3-n3cccc3[C@@H]2c2ccccc2C)cc1. The number of aryl methyl sites for hydroxylation is 1. The van der Waals surface area contributed by atoms with Gasteiger partial charge in [0.1, 0.15) is 6.04 Å². The van der Waals surface area contributed by atoms with Crippen molar-refractivity contribution in [3.05, 3.63) is 119 Å². The molecule has 4 aromatic rings. The largest absolute Gasteiger partial charge is 0.466 e. The Morgan fingerprint density at radius 2 is 1.69 bits per heavy atom. The summed E-state index contributed by atoms with van der Waals surface area (Å²) in [5.74, 6) is -0.262. The molecule has 6 heteroatoms. The van der Waals surface area contributed by atoms with Gasteiger partial charge in [0, 0.05) is 17.6 Å². The van der Waals surface area contributed by atoms with Crippen molar-refractivity contribution in [3.63, 3.8) is 0 Å². The molecular formula is C30H29N3O3. The van der Waals surface area contributed by atoms with Crippen LogP contribution >= 0.6 is 0 Å². The lowest BCUT2D eigenvalue weighted by atomic mass is 9.97. The van der Waals surface area contributed by atoms with Crippen LogP contribution in [-0.4, -0.2) is 28.1 Å². The summed E-state index contributed by atoms with van der Waals surface area (Å²) in [6.45, 7) is 4.69. The van der Waals surface area contributed by atoms with Gasteiger partial charge in [0.05, 0.1) is 25.3 Å². The first kappa shape index (κ1) is 23.4. The molecule has 1 aliphatic heterocycles. The Morgan fingerprint density at radius 1 is 0.944 bits per heavy atom. The van der Waals surface area contributed by atoms with Crippen molar-refractivity contribution in [1.29, 1.82) is 0 Å². The van der Waals surface area contributed by atoms with Crippen LogP contribution in [0, 0.1) is 6.92 Å². The van der Waals surface area contributed by atoms with Gasteiger partial charge >= 0.3 is 12.0 Å². The summed E-state index contributed by atoms with van der Waals surface area (Å²) in [5.41, 5.74) is 6.91. The molecule has 6 nitrogen and oxygen atoms in total. The number of benzene rings is 3. The Hall–Kier alpha value is -4.32. The van der Waals surface area contributed by atoms with E-state index in [2.05, 4.69) is 53.3 Å². The monoisotopic (exact) mass is 479 g/mol. The number of para-hydroxylation sites is 1. The summed E-state index contributed by atoms with van der Waals surface area (Å²) in [6, 6.07) is 27.4. The summed E-state index contributed by atoms with van der Waals surface area (Å²) >= 11 is 0. The Bertz CT molecular complexity index is 1390. The number of nitrogens with one attached hydrogen (secondary N) is 1. The van der Waals surface area contributed by atoms with Crippen molar-refractivity contribution in [2.45, 2.75) is 32.9 Å². The zero-order valence-corrected chi connectivity index (χ0v) is 20.5. The molecule has 0 saturated carbocycles. The highest BCUT2D eigenvalue weighted by molar-refractivity contribution is 5.90. The summed E-state index contributed by atoms with van der Waals surface area (Å²) in [4.78, 5) is 27.5. The fourth-order valence-corrected chi connectivity index (χ4v) is 4.84. The first-order valence-electron chi connectivity index (χ1n) is 12.2. The number of nitrogens with zero attached hydrogens (tertiary/aromatic N) is 2. The predicted octanol–water partition coefficient (Wildman–Crippen LogP) is 6.03. The van der Waals surface area contributed by atoms with Crippen LogP contribution in [0.2, 0.25) is 0 Å². The predicted molar refractivity (Wildman–Crippen MR) is 140 cm³/mol. The summed E-state index contributed by atoms with van der Waals surface area (Å²) in [7, 11) is 0. The second kappa shape index (κ2) is 10.1. The van der Waals surface area contributed by atoms with Crippen LogP contribution in [-0.2, 0) is 22.5 Å². The highest BCUT2D eigenvalue weighted by Gasteiger charge is 2.33. The van der Waals surface area contributed by atoms with E-state index in [0.29, 0.717) is 18.8 Å². The fraction of sp³-hybridized carbons (Fsp3) is 0.200. The lowest BCUT2D eigenvalue weighted by Crippen LogP contribution is -2.38. The number of amides is 2. The average molecular weight is 480 g/mol. The molecular weight excluding hydrogens is 450 g/mol. The second-order valence-electron chi connectivity index (χ2n) is 8.93.